The summed E-state index contributed by atoms with van der Waals surface area (Å²) in [4.78, 5) is 32.3. The molecule has 0 aliphatic heterocycles. The van der Waals surface area contributed by atoms with Gasteiger partial charge in [-0.2, -0.15) is 5.10 Å². The number of amides is 1. The van der Waals surface area contributed by atoms with E-state index in [4.69, 9.17) is 4.74 Å². The van der Waals surface area contributed by atoms with Crippen LogP contribution in [0.2, 0.25) is 0 Å². The van der Waals surface area contributed by atoms with Gasteiger partial charge >= 0.3 is 0 Å². The van der Waals surface area contributed by atoms with Crippen molar-refractivity contribution < 1.29 is 9.53 Å². The zero-order chi connectivity index (χ0) is 22.5. The highest BCUT2D eigenvalue weighted by atomic mass is 32.2. The molecule has 0 aliphatic rings. The average molecular weight is 465 g/mol. The molecule has 0 unspecified atom stereocenters. The number of carbonyl (C=O) groups excluding carboxylic acids is 1. The molecule has 0 aliphatic carbocycles. The summed E-state index contributed by atoms with van der Waals surface area (Å²) in [6.45, 7) is 2.01. The number of nitrogens with zero attached hydrogens (tertiary/aromatic N) is 3. The summed E-state index contributed by atoms with van der Waals surface area (Å²) in [6, 6.07) is 18.2. The van der Waals surface area contributed by atoms with E-state index in [1.807, 2.05) is 25.1 Å². The number of thiophene rings is 1. The molecule has 7 nitrogen and oxygen atoms in total. The first-order chi connectivity index (χ1) is 15.5. The summed E-state index contributed by atoms with van der Waals surface area (Å²) in [5.41, 5.74) is 3.54. The Hall–Kier alpha value is -3.43. The van der Waals surface area contributed by atoms with Gasteiger partial charge in [-0.25, -0.2) is 10.4 Å². The number of para-hydroxylation sites is 1. The van der Waals surface area contributed by atoms with Crippen molar-refractivity contribution in [3.63, 3.8) is 0 Å². The lowest BCUT2D eigenvalue weighted by Crippen LogP contribution is -2.24. The Bertz CT molecular complexity index is 1340. The van der Waals surface area contributed by atoms with E-state index < -0.39 is 0 Å². The molecule has 2 heterocycles. The van der Waals surface area contributed by atoms with Crippen LogP contribution in [0.1, 0.15) is 9.75 Å². The van der Waals surface area contributed by atoms with Crippen LogP contribution in [0.5, 0.6) is 5.75 Å². The molecule has 0 atom stereocenters. The fourth-order valence-electron chi connectivity index (χ4n) is 3.02. The highest BCUT2D eigenvalue weighted by Gasteiger charge is 2.15. The molecule has 162 valence electrons. The van der Waals surface area contributed by atoms with Crippen molar-refractivity contribution >= 4 is 46.1 Å². The molecule has 4 aromatic rings. The number of rotatable bonds is 7. The average Bonchev–Trinajstić information content (AvgIpc) is 3.23. The molecule has 32 heavy (non-hydrogen) atoms. The van der Waals surface area contributed by atoms with Gasteiger partial charge < -0.3 is 4.74 Å². The molecule has 0 saturated carbocycles. The fourth-order valence-corrected chi connectivity index (χ4v) is 4.58. The maximum absolute atomic E-state index is 13.2. The van der Waals surface area contributed by atoms with Crippen molar-refractivity contribution in [2.45, 2.75) is 12.1 Å². The van der Waals surface area contributed by atoms with Crippen LogP contribution in [0.25, 0.3) is 16.6 Å². The summed E-state index contributed by atoms with van der Waals surface area (Å²) < 4.78 is 6.72. The highest BCUT2D eigenvalue weighted by Crippen LogP contribution is 2.22. The smallest absolute Gasteiger partial charge is 0.266 e. The number of hydrazone groups is 1. The van der Waals surface area contributed by atoms with Crippen molar-refractivity contribution in [3.05, 3.63) is 80.8 Å². The van der Waals surface area contributed by atoms with Crippen molar-refractivity contribution in [1.29, 1.82) is 0 Å². The van der Waals surface area contributed by atoms with Gasteiger partial charge in [-0.1, -0.05) is 23.9 Å². The van der Waals surface area contributed by atoms with E-state index in [0.717, 1.165) is 4.88 Å². The van der Waals surface area contributed by atoms with Gasteiger partial charge in [0.05, 0.1) is 35.7 Å². The maximum Gasteiger partial charge on any atom is 0.266 e. The van der Waals surface area contributed by atoms with Crippen molar-refractivity contribution in [2.75, 3.05) is 12.9 Å². The first-order valence-corrected chi connectivity index (χ1v) is 11.5. The molecular formula is C23H20N4O3S2. The van der Waals surface area contributed by atoms with E-state index in [1.165, 1.54) is 21.2 Å². The monoisotopic (exact) mass is 464 g/mol. The number of methoxy groups -OCH3 is 1. The molecule has 0 radical (unpaired) electrons. The van der Waals surface area contributed by atoms with Crippen molar-refractivity contribution in [2.24, 2.45) is 5.10 Å². The predicted molar refractivity (Wildman–Crippen MR) is 129 cm³/mol. The van der Waals surface area contributed by atoms with E-state index >= 15 is 0 Å². The van der Waals surface area contributed by atoms with Crippen LogP contribution in [0, 0.1) is 6.92 Å². The van der Waals surface area contributed by atoms with Crippen LogP contribution in [0.4, 0.5) is 0 Å². The third-order valence-corrected chi connectivity index (χ3v) is 6.42. The number of aromatic nitrogens is 2. The summed E-state index contributed by atoms with van der Waals surface area (Å²) >= 11 is 2.77. The van der Waals surface area contributed by atoms with E-state index in [9.17, 15) is 9.59 Å². The molecule has 0 spiro atoms. The fraction of sp³-hybridized carbons (Fsp3) is 0.130. The van der Waals surface area contributed by atoms with E-state index in [0.29, 0.717) is 27.5 Å². The van der Waals surface area contributed by atoms with Crippen LogP contribution >= 0.6 is 23.1 Å². The zero-order valence-corrected chi connectivity index (χ0v) is 19.1. The third kappa shape index (κ3) is 4.90. The quantitative estimate of drug-likeness (QED) is 0.193. The van der Waals surface area contributed by atoms with E-state index in [-0.39, 0.29) is 17.2 Å². The Labute approximate surface area is 192 Å². The largest absolute Gasteiger partial charge is 0.497 e. The number of nitrogens with one attached hydrogen (secondary N) is 1. The first-order valence-electron chi connectivity index (χ1n) is 9.72. The molecule has 9 heteroatoms. The summed E-state index contributed by atoms with van der Waals surface area (Å²) in [7, 11) is 1.58. The topological polar surface area (TPSA) is 85.6 Å². The Balaban J connectivity index is 1.58. The molecule has 2 aromatic heterocycles. The lowest BCUT2D eigenvalue weighted by Gasteiger charge is -2.13. The highest BCUT2D eigenvalue weighted by molar-refractivity contribution is 7.99. The number of aryl methyl sites for hydroxylation is 1. The SMILES string of the molecule is COc1ccc(-n2c(SCC(=O)N/N=C/c3ccc(C)s3)nc3ccccc3c2=O)cc1. The number of ether oxygens (including phenoxy) is 1. The summed E-state index contributed by atoms with van der Waals surface area (Å²) in [5, 5.41) is 4.93. The molecule has 0 bridgehead atoms. The molecular weight excluding hydrogens is 444 g/mol. The second-order valence-electron chi connectivity index (χ2n) is 6.78. The first kappa shape index (κ1) is 21.8. The van der Waals surface area contributed by atoms with Gasteiger partial charge in [-0.05, 0) is 55.5 Å². The van der Waals surface area contributed by atoms with Gasteiger partial charge in [-0.3, -0.25) is 14.2 Å². The lowest BCUT2D eigenvalue weighted by molar-refractivity contribution is -0.118. The second-order valence-corrected chi connectivity index (χ2v) is 9.04. The van der Waals surface area contributed by atoms with E-state index in [2.05, 4.69) is 15.5 Å². The maximum atomic E-state index is 13.2. The van der Waals surface area contributed by atoms with Crippen LogP contribution in [0.15, 0.2) is 75.7 Å². The zero-order valence-electron chi connectivity index (χ0n) is 17.4. The normalized spacial score (nSPS) is 11.2. The van der Waals surface area contributed by atoms with Gasteiger partial charge in [0.15, 0.2) is 5.16 Å². The molecule has 4 rings (SSSR count). The van der Waals surface area contributed by atoms with Gasteiger partial charge in [0.2, 0.25) is 0 Å². The van der Waals surface area contributed by atoms with Crippen LogP contribution < -0.4 is 15.7 Å². The lowest BCUT2D eigenvalue weighted by atomic mass is 10.2. The van der Waals surface area contributed by atoms with Crippen LogP contribution in [-0.2, 0) is 4.79 Å². The predicted octanol–water partition coefficient (Wildman–Crippen LogP) is 4.01. The molecule has 1 amide bonds. The Morgan fingerprint density at radius 2 is 1.97 bits per heavy atom. The van der Waals surface area contributed by atoms with Crippen LogP contribution in [-0.4, -0.2) is 34.5 Å². The number of thioether (sulfide) groups is 1. The minimum atomic E-state index is -0.289. The number of carbonyl (C=O) groups is 1. The molecule has 2 aromatic carbocycles. The summed E-state index contributed by atoms with van der Waals surface area (Å²) in [5.74, 6) is 0.452. The van der Waals surface area contributed by atoms with Crippen molar-refractivity contribution in [3.8, 4) is 11.4 Å². The third-order valence-electron chi connectivity index (χ3n) is 4.55. The Morgan fingerprint density at radius 1 is 1.19 bits per heavy atom. The Kier molecular flexibility index (Phi) is 6.67. The van der Waals surface area contributed by atoms with Gasteiger partial charge in [0, 0.05) is 9.75 Å². The molecule has 0 saturated heterocycles. The number of hydrogen-bond donors (Lipinski definition) is 1. The standard InChI is InChI=1S/C23H20N4O3S2/c1-15-7-12-18(32-15)13-24-26-21(28)14-31-23-25-20-6-4-3-5-19(20)22(29)27(23)16-8-10-17(30-2)11-9-16/h3-13H,14H2,1-2H3,(H,26,28)/b24-13+. The minimum absolute atomic E-state index is 0.0573. The number of fused-ring (bicyclic) bond motifs is 1. The molecule has 0 fully saturated rings. The minimum Gasteiger partial charge on any atom is -0.497 e. The van der Waals surface area contributed by atoms with Gasteiger partial charge in [-0.15, -0.1) is 11.3 Å². The van der Waals surface area contributed by atoms with Gasteiger partial charge in [0.25, 0.3) is 11.5 Å². The summed E-state index contributed by atoms with van der Waals surface area (Å²) in [6.07, 6.45) is 1.61. The Morgan fingerprint density at radius 3 is 2.69 bits per heavy atom. The van der Waals surface area contributed by atoms with Crippen molar-refractivity contribution in [1.82, 2.24) is 15.0 Å². The second kappa shape index (κ2) is 9.80. The number of benzene rings is 2. The molecule has 1 N–H and O–H groups in total. The van der Waals surface area contributed by atoms with Gasteiger partial charge in [0.1, 0.15) is 5.75 Å². The van der Waals surface area contributed by atoms with E-state index in [1.54, 1.807) is 67.1 Å². The number of hydrogen-bond acceptors (Lipinski definition) is 7. The van der Waals surface area contributed by atoms with Crippen LogP contribution in [0.3, 0.4) is 0 Å².